The van der Waals surface area contributed by atoms with Crippen LogP contribution in [0.1, 0.15) is 40.8 Å². The lowest BCUT2D eigenvalue weighted by Gasteiger charge is -2.30. The van der Waals surface area contributed by atoms with E-state index < -0.39 is 0 Å². The number of fused-ring (bicyclic) bond motifs is 1. The fourth-order valence-corrected chi connectivity index (χ4v) is 4.00. The lowest BCUT2D eigenvalue weighted by Crippen LogP contribution is -2.40. The largest absolute Gasteiger partial charge is 0.390 e. The average Bonchev–Trinajstić information content (AvgIpc) is 3.04. The number of benzene rings is 1. The van der Waals surface area contributed by atoms with Gasteiger partial charge in [-0.1, -0.05) is 38.1 Å². The molecule has 130 valence electrons. The van der Waals surface area contributed by atoms with Crippen LogP contribution in [0.5, 0.6) is 0 Å². The van der Waals surface area contributed by atoms with Crippen molar-refractivity contribution in [2.45, 2.75) is 45.4 Å². The summed E-state index contributed by atoms with van der Waals surface area (Å²) in [5.41, 5.74) is 2.85. The summed E-state index contributed by atoms with van der Waals surface area (Å²) in [7, 11) is 0. The molecule has 0 aliphatic carbocycles. The molecule has 2 aromatic rings. The molecule has 0 fully saturated rings. The number of rotatable bonds is 7. The molecule has 0 spiro atoms. The third kappa shape index (κ3) is 4.63. The molecule has 3 rings (SSSR count). The van der Waals surface area contributed by atoms with Gasteiger partial charge in [-0.05, 0) is 17.5 Å². The van der Waals surface area contributed by atoms with Gasteiger partial charge in [-0.3, -0.25) is 4.90 Å². The van der Waals surface area contributed by atoms with Crippen LogP contribution in [0, 0.1) is 0 Å². The van der Waals surface area contributed by atoms with Crippen molar-refractivity contribution in [1.82, 2.24) is 15.2 Å². The van der Waals surface area contributed by atoms with E-state index in [4.69, 9.17) is 0 Å². The minimum atomic E-state index is -0.340. The zero-order valence-corrected chi connectivity index (χ0v) is 15.4. The highest BCUT2D eigenvalue weighted by atomic mass is 32.1. The second-order valence-corrected chi connectivity index (χ2v) is 8.00. The Hall–Kier alpha value is -1.27. The maximum Gasteiger partial charge on any atom is 0.0953 e. The molecule has 1 aliphatic rings. The fourth-order valence-electron chi connectivity index (χ4n) is 3.11. The van der Waals surface area contributed by atoms with E-state index in [1.54, 1.807) is 11.3 Å². The van der Waals surface area contributed by atoms with Crippen LogP contribution in [0.15, 0.2) is 30.5 Å². The van der Waals surface area contributed by atoms with Crippen LogP contribution in [-0.2, 0) is 19.5 Å². The lowest BCUT2D eigenvalue weighted by atomic mass is 10.00. The van der Waals surface area contributed by atoms with Crippen LogP contribution in [0.3, 0.4) is 0 Å². The summed E-state index contributed by atoms with van der Waals surface area (Å²) in [5.74, 6) is 0.483. The van der Waals surface area contributed by atoms with Crippen LogP contribution in [-0.4, -0.2) is 40.7 Å². The van der Waals surface area contributed by atoms with Crippen molar-refractivity contribution in [3.63, 3.8) is 0 Å². The van der Waals surface area contributed by atoms with Gasteiger partial charge < -0.3 is 10.4 Å². The van der Waals surface area contributed by atoms with Crippen LogP contribution in [0.2, 0.25) is 0 Å². The average molecular weight is 346 g/mol. The summed E-state index contributed by atoms with van der Waals surface area (Å²) in [4.78, 5) is 8.02. The second kappa shape index (κ2) is 8.21. The highest BCUT2D eigenvalue weighted by Crippen LogP contribution is 2.21. The van der Waals surface area contributed by atoms with E-state index in [-0.39, 0.29) is 6.10 Å². The number of aliphatic hydroxyl groups excluding tert-OH is 1. The molecule has 4 nitrogen and oxygen atoms in total. The van der Waals surface area contributed by atoms with Gasteiger partial charge in [0, 0.05) is 49.7 Å². The molecular formula is C19H27N3OS. The number of aromatic nitrogens is 1. The standard InChI is InChI=1S/C19H27N3OS/c1-14(2)19-21-11-18(24-19)10-20-9-17(23)13-22-8-7-15-5-3-4-6-16(15)12-22/h3-6,11,14,17,20,23H,7-10,12-13H2,1-2H3. The predicted octanol–water partition coefficient (Wildman–Crippen LogP) is 2.78. The minimum Gasteiger partial charge on any atom is -0.390 e. The van der Waals surface area contributed by atoms with E-state index >= 15 is 0 Å². The van der Waals surface area contributed by atoms with Crippen molar-refractivity contribution in [1.29, 1.82) is 0 Å². The van der Waals surface area contributed by atoms with Gasteiger partial charge in [-0.15, -0.1) is 11.3 Å². The molecule has 2 heterocycles. The highest BCUT2D eigenvalue weighted by Gasteiger charge is 2.18. The number of nitrogens with one attached hydrogen (secondary N) is 1. The Labute approximate surface area is 148 Å². The van der Waals surface area contributed by atoms with Gasteiger partial charge in [0.1, 0.15) is 0 Å². The molecule has 1 aromatic carbocycles. The zero-order valence-electron chi connectivity index (χ0n) is 14.5. The van der Waals surface area contributed by atoms with Gasteiger partial charge in [0.2, 0.25) is 0 Å². The SMILES string of the molecule is CC(C)c1ncc(CNCC(O)CN2CCc3ccccc3C2)s1. The molecule has 24 heavy (non-hydrogen) atoms. The van der Waals surface area contributed by atoms with Gasteiger partial charge in [0.25, 0.3) is 0 Å². The molecule has 1 atom stereocenters. The molecule has 0 saturated heterocycles. The smallest absolute Gasteiger partial charge is 0.0953 e. The molecule has 0 bridgehead atoms. The van der Waals surface area contributed by atoms with Crippen molar-refractivity contribution < 1.29 is 5.11 Å². The predicted molar refractivity (Wildman–Crippen MR) is 99.3 cm³/mol. The number of β-amino-alcohol motifs (C(OH)–C–C–N with tert-alkyl or cyclic N) is 1. The van der Waals surface area contributed by atoms with Crippen molar-refractivity contribution >= 4 is 11.3 Å². The third-order valence-corrected chi connectivity index (χ3v) is 5.72. The maximum atomic E-state index is 10.3. The number of thiazole rings is 1. The first kappa shape index (κ1) is 17.5. The van der Waals surface area contributed by atoms with Gasteiger partial charge in [-0.2, -0.15) is 0 Å². The van der Waals surface area contributed by atoms with Gasteiger partial charge in [0.15, 0.2) is 0 Å². The van der Waals surface area contributed by atoms with E-state index in [0.717, 1.165) is 32.6 Å². The Morgan fingerprint density at radius 3 is 2.83 bits per heavy atom. The topological polar surface area (TPSA) is 48.4 Å². The van der Waals surface area contributed by atoms with Crippen molar-refractivity contribution in [2.24, 2.45) is 0 Å². The third-order valence-electron chi connectivity index (χ3n) is 4.42. The van der Waals surface area contributed by atoms with Crippen LogP contribution < -0.4 is 5.32 Å². The molecular weight excluding hydrogens is 318 g/mol. The molecule has 1 aromatic heterocycles. The number of hydrogen-bond acceptors (Lipinski definition) is 5. The Morgan fingerprint density at radius 1 is 1.29 bits per heavy atom. The molecule has 1 unspecified atom stereocenters. The summed E-state index contributed by atoms with van der Waals surface area (Å²) in [5, 5.41) is 14.8. The van der Waals surface area contributed by atoms with Crippen molar-refractivity contribution in [2.75, 3.05) is 19.6 Å². The summed E-state index contributed by atoms with van der Waals surface area (Å²) >= 11 is 1.75. The molecule has 0 saturated carbocycles. The number of nitrogens with zero attached hydrogens (tertiary/aromatic N) is 2. The molecule has 0 amide bonds. The Bertz CT molecular complexity index is 656. The van der Waals surface area contributed by atoms with Gasteiger partial charge in [-0.25, -0.2) is 4.98 Å². The summed E-state index contributed by atoms with van der Waals surface area (Å²) in [6.45, 7) is 8.42. The monoisotopic (exact) mass is 345 g/mol. The Kier molecular flexibility index (Phi) is 6.00. The lowest BCUT2D eigenvalue weighted by molar-refractivity contribution is 0.104. The summed E-state index contributed by atoms with van der Waals surface area (Å²) in [6.07, 6.45) is 2.68. The van der Waals surface area contributed by atoms with Gasteiger partial charge >= 0.3 is 0 Å². The van der Waals surface area contributed by atoms with Crippen LogP contribution in [0.4, 0.5) is 0 Å². The highest BCUT2D eigenvalue weighted by molar-refractivity contribution is 7.11. The maximum absolute atomic E-state index is 10.3. The molecule has 1 aliphatic heterocycles. The van der Waals surface area contributed by atoms with Gasteiger partial charge in [0.05, 0.1) is 11.1 Å². The van der Waals surface area contributed by atoms with Crippen LogP contribution in [0.25, 0.3) is 0 Å². The van der Waals surface area contributed by atoms with E-state index in [2.05, 4.69) is 53.3 Å². The second-order valence-electron chi connectivity index (χ2n) is 6.86. The number of aliphatic hydroxyl groups is 1. The Balaban J connectivity index is 1.40. The molecule has 5 heteroatoms. The summed E-state index contributed by atoms with van der Waals surface area (Å²) in [6, 6.07) is 8.62. The molecule has 0 radical (unpaired) electrons. The number of hydrogen-bond donors (Lipinski definition) is 2. The first-order valence-corrected chi connectivity index (χ1v) is 9.56. The van der Waals surface area contributed by atoms with E-state index in [1.165, 1.54) is 21.0 Å². The van der Waals surface area contributed by atoms with Crippen molar-refractivity contribution in [3.05, 3.63) is 51.5 Å². The minimum absolute atomic E-state index is 0.340. The normalized spacial score (nSPS) is 16.3. The van der Waals surface area contributed by atoms with Crippen molar-refractivity contribution in [3.8, 4) is 0 Å². The quantitative estimate of drug-likeness (QED) is 0.810. The van der Waals surface area contributed by atoms with E-state index in [1.807, 2.05) is 6.20 Å². The first-order valence-electron chi connectivity index (χ1n) is 8.74. The van der Waals surface area contributed by atoms with E-state index in [0.29, 0.717) is 12.5 Å². The zero-order chi connectivity index (χ0) is 16.9. The Morgan fingerprint density at radius 2 is 2.08 bits per heavy atom. The first-order chi connectivity index (χ1) is 11.6. The molecule has 2 N–H and O–H groups in total. The fraction of sp³-hybridized carbons (Fsp3) is 0.526. The van der Waals surface area contributed by atoms with E-state index in [9.17, 15) is 5.11 Å². The summed E-state index contributed by atoms with van der Waals surface area (Å²) < 4.78 is 0. The van der Waals surface area contributed by atoms with Crippen LogP contribution >= 0.6 is 11.3 Å².